The van der Waals surface area contributed by atoms with Crippen LogP contribution in [0.25, 0.3) is 11.0 Å². The Labute approximate surface area is 69.8 Å². The fourth-order valence-corrected chi connectivity index (χ4v) is 1.27. The Balaban J connectivity index is 2.88. The van der Waals surface area contributed by atoms with Crippen LogP contribution in [0.5, 0.6) is 0 Å². The zero-order valence-corrected chi connectivity index (χ0v) is 7.00. The van der Waals surface area contributed by atoms with E-state index in [1.807, 2.05) is 13.8 Å². The van der Waals surface area contributed by atoms with E-state index in [0.29, 0.717) is 0 Å². The number of furan rings is 1. The van der Waals surface area contributed by atoms with Crippen LogP contribution in [0.3, 0.4) is 0 Å². The van der Waals surface area contributed by atoms with Crippen LogP contribution < -0.4 is 4.73 Å². The standard InChI is InChI=1S/C9H9NO2/c1-6-7(2)12-9-3-4-10(11)5-8(6)9/h3-5H,1-2H3. The van der Waals surface area contributed by atoms with Gasteiger partial charge < -0.3 is 9.62 Å². The molecule has 0 aliphatic carbocycles. The number of fused-ring (bicyclic) bond motifs is 1. The van der Waals surface area contributed by atoms with Crippen molar-refractivity contribution in [3.8, 4) is 0 Å². The zero-order chi connectivity index (χ0) is 8.72. The maximum atomic E-state index is 10.9. The molecule has 0 amide bonds. The Bertz CT molecular complexity index is 431. The monoisotopic (exact) mass is 163 g/mol. The van der Waals surface area contributed by atoms with Gasteiger partial charge in [-0.2, -0.15) is 4.73 Å². The summed E-state index contributed by atoms with van der Waals surface area (Å²) >= 11 is 0. The highest BCUT2D eigenvalue weighted by atomic mass is 16.5. The van der Waals surface area contributed by atoms with Gasteiger partial charge in [0.1, 0.15) is 11.3 Å². The molecule has 2 aromatic heterocycles. The Kier molecular flexibility index (Phi) is 1.33. The quantitative estimate of drug-likeness (QED) is 0.438. The molecule has 0 fully saturated rings. The lowest BCUT2D eigenvalue weighted by molar-refractivity contribution is -0.603. The van der Waals surface area contributed by atoms with E-state index in [4.69, 9.17) is 4.42 Å². The molecule has 0 saturated heterocycles. The molecule has 12 heavy (non-hydrogen) atoms. The third kappa shape index (κ3) is 0.863. The van der Waals surface area contributed by atoms with Crippen molar-refractivity contribution in [2.75, 3.05) is 0 Å². The van der Waals surface area contributed by atoms with E-state index >= 15 is 0 Å². The molecule has 0 saturated carbocycles. The van der Waals surface area contributed by atoms with Gasteiger partial charge >= 0.3 is 0 Å². The molecule has 2 rings (SSSR count). The van der Waals surface area contributed by atoms with Crippen LogP contribution in [-0.4, -0.2) is 0 Å². The average molecular weight is 163 g/mol. The van der Waals surface area contributed by atoms with Crippen molar-refractivity contribution < 1.29 is 9.15 Å². The van der Waals surface area contributed by atoms with Gasteiger partial charge in [0, 0.05) is 11.6 Å². The minimum atomic E-state index is 0.775. The summed E-state index contributed by atoms with van der Waals surface area (Å²) in [6, 6.07) is 1.68. The summed E-state index contributed by atoms with van der Waals surface area (Å²) in [5.41, 5.74) is 1.81. The summed E-state index contributed by atoms with van der Waals surface area (Å²) in [4.78, 5) is 0. The van der Waals surface area contributed by atoms with Gasteiger partial charge in [0.2, 0.25) is 0 Å². The van der Waals surface area contributed by atoms with Crippen molar-refractivity contribution in [1.29, 1.82) is 0 Å². The van der Waals surface area contributed by atoms with Crippen LogP contribution in [0, 0.1) is 19.1 Å². The highest BCUT2D eigenvalue weighted by Crippen LogP contribution is 2.22. The Hall–Kier alpha value is -1.51. The second-order valence-electron chi connectivity index (χ2n) is 2.87. The summed E-state index contributed by atoms with van der Waals surface area (Å²) < 4.78 is 6.18. The van der Waals surface area contributed by atoms with Gasteiger partial charge in [0.05, 0.1) is 5.39 Å². The van der Waals surface area contributed by atoms with Crippen LogP contribution in [0.15, 0.2) is 22.9 Å². The summed E-state index contributed by atoms with van der Waals surface area (Å²) in [5, 5.41) is 11.8. The predicted octanol–water partition coefficient (Wildman–Crippen LogP) is 1.68. The molecule has 0 N–H and O–H groups in total. The maximum Gasteiger partial charge on any atom is 0.191 e. The number of rotatable bonds is 0. The Morgan fingerprint density at radius 1 is 1.42 bits per heavy atom. The number of pyridine rings is 1. The lowest BCUT2D eigenvalue weighted by atomic mass is 10.2. The minimum Gasteiger partial charge on any atom is -0.619 e. The molecule has 0 aliphatic rings. The lowest BCUT2D eigenvalue weighted by Gasteiger charge is -1.92. The minimum absolute atomic E-state index is 0.775. The molecule has 0 aromatic carbocycles. The normalized spacial score (nSPS) is 10.8. The molecule has 3 heteroatoms. The van der Waals surface area contributed by atoms with Crippen LogP contribution in [0.2, 0.25) is 0 Å². The fourth-order valence-electron chi connectivity index (χ4n) is 1.27. The van der Waals surface area contributed by atoms with Crippen molar-refractivity contribution in [1.82, 2.24) is 0 Å². The van der Waals surface area contributed by atoms with E-state index in [1.54, 1.807) is 6.07 Å². The van der Waals surface area contributed by atoms with Crippen LogP contribution in [0.4, 0.5) is 0 Å². The average Bonchev–Trinajstić information content (AvgIpc) is 2.31. The van der Waals surface area contributed by atoms with Crippen molar-refractivity contribution >= 4 is 11.0 Å². The van der Waals surface area contributed by atoms with Gasteiger partial charge in [-0.15, -0.1) is 0 Å². The Morgan fingerprint density at radius 2 is 2.17 bits per heavy atom. The van der Waals surface area contributed by atoms with Gasteiger partial charge in [-0.1, -0.05) is 0 Å². The fraction of sp³-hybridized carbons (Fsp3) is 0.222. The van der Waals surface area contributed by atoms with Crippen LogP contribution >= 0.6 is 0 Å². The maximum absolute atomic E-state index is 10.9. The SMILES string of the molecule is Cc1oc2cc[n+]([O-])cc2c1C. The molecule has 0 bridgehead atoms. The molecule has 0 unspecified atom stereocenters. The summed E-state index contributed by atoms with van der Waals surface area (Å²) in [6.45, 7) is 3.84. The highest BCUT2D eigenvalue weighted by molar-refractivity contribution is 5.79. The second kappa shape index (κ2) is 2.24. The third-order valence-electron chi connectivity index (χ3n) is 2.09. The van der Waals surface area contributed by atoms with Crippen LogP contribution in [-0.2, 0) is 0 Å². The molecular weight excluding hydrogens is 154 g/mol. The van der Waals surface area contributed by atoms with Gasteiger partial charge in [0.15, 0.2) is 12.4 Å². The summed E-state index contributed by atoms with van der Waals surface area (Å²) in [7, 11) is 0. The first kappa shape index (κ1) is 7.16. The number of aryl methyl sites for hydroxylation is 2. The first-order valence-electron chi connectivity index (χ1n) is 3.77. The lowest BCUT2D eigenvalue weighted by Crippen LogP contribution is -2.23. The predicted molar refractivity (Wildman–Crippen MR) is 44.6 cm³/mol. The molecule has 2 aromatic rings. The van der Waals surface area contributed by atoms with E-state index in [2.05, 4.69) is 0 Å². The van der Waals surface area contributed by atoms with Gasteiger partial charge in [-0.05, 0) is 13.8 Å². The van der Waals surface area contributed by atoms with E-state index < -0.39 is 0 Å². The van der Waals surface area contributed by atoms with E-state index in [9.17, 15) is 5.21 Å². The first-order chi connectivity index (χ1) is 5.68. The van der Waals surface area contributed by atoms with E-state index in [-0.39, 0.29) is 0 Å². The van der Waals surface area contributed by atoms with Crippen molar-refractivity contribution in [3.63, 3.8) is 0 Å². The summed E-state index contributed by atoms with van der Waals surface area (Å²) in [5.74, 6) is 0.871. The first-order valence-corrected chi connectivity index (χ1v) is 3.77. The molecule has 2 heterocycles. The number of hydrogen-bond donors (Lipinski definition) is 0. The van der Waals surface area contributed by atoms with Crippen molar-refractivity contribution in [2.45, 2.75) is 13.8 Å². The topological polar surface area (TPSA) is 40.1 Å². The largest absolute Gasteiger partial charge is 0.619 e. The van der Waals surface area contributed by atoms with Crippen molar-refractivity contribution in [3.05, 3.63) is 35.0 Å². The van der Waals surface area contributed by atoms with Crippen LogP contribution in [0.1, 0.15) is 11.3 Å². The van der Waals surface area contributed by atoms with Gasteiger partial charge in [-0.25, -0.2) is 0 Å². The molecular formula is C9H9NO2. The Morgan fingerprint density at radius 3 is 2.92 bits per heavy atom. The van der Waals surface area contributed by atoms with Gasteiger partial charge in [-0.3, -0.25) is 0 Å². The third-order valence-corrected chi connectivity index (χ3v) is 2.09. The van der Waals surface area contributed by atoms with Gasteiger partial charge in [0.25, 0.3) is 0 Å². The molecule has 0 radical (unpaired) electrons. The molecule has 0 aliphatic heterocycles. The highest BCUT2D eigenvalue weighted by Gasteiger charge is 2.08. The zero-order valence-electron chi connectivity index (χ0n) is 7.00. The number of hydrogen-bond acceptors (Lipinski definition) is 2. The second-order valence-corrected chi connectivity index (χ2v) is 2.87. The van der Waals surface area contributed by atoms with E-state index in [0.717, 1.165) is 27.0 Å². The number of aromatic nitrogens is 1. The molecule has 0 atom stereocenters. The number of nitrogens with zero attached hydrogens (tertiary/aromatic N) is 1. The molecule has 0 spiro atoms. The van der Waals surface area contributed by atoms with E-state index in [1.165, 1.54) is 12.4 Å². The molecule has 3 nitrogen and oxygen atoms in total. The molecule has 62 valence electrons. The van der Waals surface area contributed by atoms with Crippen molar-refractivity contribution in [2.24, 2.45) is 0 Å². The summed E-state index contributed by atoms with van der Waals surface area (Å²) in [6.07, 6.45) is 2.96. The smallest absolute Gasteiger partial charge is 0.191 e.